The first-order valence-electron chi connectivity index (χ1n) is 8.20. The van der Waals surface area contributed by atoms with E-state index in [2.05, 4.69) is 29.4 Å². The van der Waals surface area contributed by atoms with E-state index < -0.39 is 0 Å². The summed E-state index contributed by atoms with van der Waals surface area (Å²) in [5, 5.41) is 13.7. The second-order valence-corrected chi connectivity index (χ2v) is 6.95. The van der Waals surface area contributed by atoms with Crippen molar-refractivity contribution in [2.45, 2.75) is 46.0 Å². The molecule has 0 unspecified atom stereocenters. The number of aryl methyl sites for hydroxylation is 1. The predicted octanol–water partition coefficient (Wildman–Crippen LogP) is 4.68. The molecule has 126 valence electrons. The van der Waals surface area contributed by atoms with Gasteiger partial charge in [-0.2, -0.15) is 0 Å². The predicted molar refractivity (Wildman–Crippen MR) is 96.5 cm³/mol. The van der Waals surface area contributed by atoms with Crippen molar-refractivity contribution in [2.75, 3.05) is 5.32 Å². The molecular weight excluding hydrogens is 322 g/mol. The maximum absolute atomic E-state index is 12.3. The number of nitrogens with one attached hydrogen (secondary N) is 1. The molecule has 0 bridgehead atoms. The molecule has 0 atom stereocenters. The van der Waals surface area contributed by atoms with Crippen LogP contribution >= 0.6 is 11.3 Å². The molecule has 1 aromatic carbocycles. The quantitative estimate of drug-likeness (QED) is 0.706. The van der Waals surface area contributed by atoms with Crippen LogP contribution in [0.25, 0.3) is 11.0 Å². The molecule has 6 heteroatoms. The van der Waals surface area contributed by atoms with E-state index in [0.717, 1.165) is 39.9 Å². The highest BCUT2D eigenvalue weighted by Gasteiger charge is 2.16. The Bertz CT molecular complexity index is 849. The summed E-state index contributed by atoms with van der Waals surface area (Å²) in [6.45, 7) is 6.29. The van der Waals surface area contributed by atoms with E-state index in [1.54, 1.807) is 6.26 Å². The molecule has 0 radical (unpaired) electrons. The van der Waals surface area contributed by atoms with Crippen LogP contribution in [0.2, 0.25) is 0 Å². The van der Waals surface area contributed by atoms with Crippen molar-refractivity contribution in [3.63, 3.8) is 0 Å². The zero-order valence-corrected chi connectivity index (χ0v) is 14.9. The van der Waals surface area contributed by atoms with Crippen LogP contribution in [0.5, 0.6) is 0 Å². The minimum atomic E-state index is -0.106. The molecule has 1 N–H and O–H groups in total. The highest BCUT2D eigenvalue weighted by molar-refractivity contribution is 7.15. The van der Waals surface area contributed by atoms with E-state index in [4.69, 9.17) is 4.42 Å². The van der Waals surface area contributed by atoms with Crippen LogP contribution in [0, 0.1) is 6.92 Å². The van der Waals surface area contributed by atoms with Gasteiger partial charge in [-0.3, -0.25) is 4.79 Å². The molecule has 0 saturated carbocycles. The molecule has 5 nitrogen and oxygen atoms in total. The summed E-state index contributed by atoms with van der Waals surface area (Å²) in [7, 11) is 0. The maximum Gasteiger partial charge on any atom is 0.230 e. The highest BCUT2D eigenvalue weighted by atomic mass is 32.1. The summed E-state index contributed by atoms with van der Waals surface area (Å²) in [5.41, 5.74) is 2.83. The summed E-state index contributed by atoms with van der Waals surface area (Å²) < 4.78 is 5.54. The summed E-state index contributed by atoms with van der Waals surface area (Å²) in [6.07, 6.45) is 3.97. The number of hydrogen-bond donors (Lipinski definition) is 1. The number of nitrogens with zero attached hydrogens (tertiary/aromatic N) is 2. The van der Waals surface area contributed by atoms with E-state index in [-0.39, 0.29) is 12.3 Å². The minimum absolute atomic E-state index is 0.106. The molecule has 0 spiro atoms. The third-order valence-electron chi connectivity index (χ3n) is 4.18. The Morgan fingerprint density at radius 3 is 2.83 bits per heavy atom. The first-order valence-corrected chi connectivity index (χ1v) is 9.02. The molecule has 0 aliphatic rings. The monoisotopic (exact) mass is 343 g/mol. The molecule has 0 fully saturated rings. The fourth-order valence-electron chi connectivity index (χ4n) is 2.75. The van der Waals surface area contributed by atoms with Crippen molar-refractivity contribution in [3.8, 4) is 0 Å². The Hall–Kier alpha value is -2.21. The van der Waals surface area contributed by atoms with Gasteiger partial charge in [0, 0.05) is 16.9 Å². The lowest BCUT2D eigenvalue weighted by molar-refractivity contribution is -0.115. The van der Waals surface area contributed by atoms with Crippen LogP contribution in [0.15, 0.2) is 28.9 Å². The van der Waals surface area contributed by atoms with Gasteiger partial charge in [0.15, 0.2) is 0 Å². The molecule has 2 aromatic heterocycles. The van der Waals surface area contributed by atoms with E-state index in [1.165, 1.54) is 11.3 Å². The largest absolute Gasteiger partial charge is 0.464 e. The summed E-state index contributed by atoms with van der Waals surface area (Å²) in [5.74, 6) is 0.305. The molecule has 3 aromatic rings. The third kappa shape index (κ3) is 3.48. The van der Waals surface area contributed by atoms with Gasteiger partial charge >= 0.3 is 0 Å². The standard InChI is InChI=1S/C18H21N3O2S/c1-4-12(5-2)17-20-21-18(24-17)19-16(22)9-13-10-23-15-8-11(3)6-7-14(13)15/h6-8,10,12H,4-5,9H2,1-3H3,(H,19,21,22). The van der Waals surface area contributed by atoms with Gasteiger partial charge in [-0.1, -0.05) is 37.3 Å². The topological polar surface area (TPSA) is 68.0 Å². The van der Waals surface area contributed by atoms with Gasteiger partial charge in [-0.15, -0.1) is 10.2 Å². The van der Waals surface area contributed by atoms with Gasteiger partial charge in [-0.25, -0.2) is 0 Å². The minimum Gasteiger partial charge on any atom is -0.464 e. The van der Waals surface area contributed by atoms with E-state index in [9.17, 15) is 4.79 Å². The Morgan fingerprint density at radius 2 is 2.08 bits per heavy atom. The third-order valence-corrected chi connectivity index (χ3v) is 5.19. The number of amides is 1. The van der Waals surface area contributed by atoms with Crippen LogP contribution in [-0.4, -0.2) is 16.1 Å². The molecule has 0 saturated heterocycles. The van der Waals surface area contributed by atoms with Gasteiger partial charge in [-0.05, 0) is 31.4 Å². The molecule has 1 amide bonds. The van der Waals surface area contributed by atoms with Crippen LogP contribution in [-0.2, 0) is 11.2 Å². The molecule has 0 aliphatic heterocycles. The summed E-state index contributed by atoms with van der Waals surface area (Å²) in [6, 6.07) is 5.99. The number of carbonyl (C=O) groups is 1. The van der Waals surface area contributed by atoms with Crippen molar-refractivity contribution >= 4 is 33.3 Å². The molecule has 24 heavy (non-hydrogen) atoms. The number of hydrogen-bond acceptors (Lipinski definition) is 5. The second-order valence-electron chi connectivity index (χ2n) is 5.94. The second kappa shape index (κ2) is 7.13. The smallest absolute Gasteiger partial charge is 0.230 e. The summed E-state index contributed by atoms with van der Waals surface area (Å²) in [4.78, 5) is 12.3. The lowest BCUT2D eigenvalue weighted by atomic mass is 10.1. The lowest BCUT2D eigenvalue weighted by Gasteiger charge is -2.05. The molecular formula is C18H21N3O2S. The number of aromatic nitrogens is 2. The number of carbonyl (C=O) groups excluding carboxylic acids is 1. The van der Waals surface area contributed by atoms with Crippen molar-refractivity contribution in [1.82, 2.24) is 10.2 Å². The number of furan rings is 1. The Balaban J connectivity index is 1.69. The van der Waals surface area contributed by atoms with E-state index in [1.807, 2.05) is 25.1 Å². The van der Waals surface area contributed by atoms with Crippen LogP contribution in [0.4, 0.5) is 5.13 Å². The van der Waals surface area contributed by atoms with Gasteiger partial charge in [0.05, 0.1) is 12.7 Å². The molecule has 0 aliphatic carbocycles. The lowest BCUT2D eigenvalue weighted by Crippen LogP contribution is -2.13. The van der Waals surface area contributed by atoms with Crippen molar-refractivity contribution in [3.05, 3.63) is 40.6 Å². The van der Waals surface area contributed by atoms with Crippen molar-refractivity contribution in [1.29, 1.82) is 0 Å². The Labute approximate surface area is 145 Å². The first kappa shape index (κ1) is 16.6. The first-order chi connectivity index (χ1) is 11.6. The number of rotatable bonds is 6. The average molecular weight is 343 g/mol. The normalized spacial score (nSPS) is 11.3. The summed E-state index contributed by atoms with van der Waals surface area (Å²) >= 11 is 1.46. The molecule has 3 rings (SSSR count). The van der Waals surface area contributed by atoms with Crippen molar-refractivity contribution < 1.29 is 9.21 Å². The van der Waals surface area contributed by atoms with Gasteiger partial charge in [0.25, 0.3) is 0 Å². The maximum atomic E-state index is 12.3. The number of anilines is 1. The zero-order chi connectivity index (χ0) is 17.1. The fraction of sp³-hybridized carbons (Fsp3) is 0.389. The van der Waals surface area contributed by atoms with Gasteiger partial charge in [0.2, 0.25) is 11.0 Å². The van der Waals surface area contributed by atoms with Gasteiger partial charge < -0.3 is 9.73 Å². The van der Waals surface area contributed by atoms with E-state index in [0.29, 0.717) is 11.0 Å². The van der Waals surface area contributed by atoms with Crippen LogP contribution in [0.3, 0.4) is 0 Å². The molecule has 2 heterocycles. The zero-order valence-electron chi connectivity index (χ0n) is 14.1. The Kier molecular flexibility index (Phi) is 4.94. The average Bonchev–Trinajstić information content (AvgIpc) is 3.16. The number of fused-ring (bicyclic) bond motifs is 1. The van der Waals surface area contributed by atoms with Crippen LogP contribution in [0.1, 0.15) is 48.7 Å². The number of benzene rings is 1. The van der Waals surface area contributed by atoms with E-state index >= 15 is 0 Å². The fourth-order valence-corrected chi connectivity index (χ4v) is 3.78. The van der Waals surface area contributed by atoms with Crippen LogP contribution < -0.4 is 5.32 Å². The van der Waals surface area contributed by atoms with Crippen molar-refractivity contribution in [2.24, 2.45) is 0 Å². The van der Waals surface area contributed by atoms with Gasteiger partial charge in [0.1, 0.15) is 10.6 Å². The SMILES string of the molecule is CCC(CC)c1nnc(NC(=O)Cc2coc3cc(C)ccc23)s1. The highest BCUT2D eigenvalue weighted by Crippen LogP contribution is 2.28. The Morgan fingerprint density at radius 1 is 1.29 bits per heavy atom.